The fraction of sp³-hybridized carbons (Fsp3) is 0.273. The van der Waals surface area contributed by atoms with Crippen molar-refractivity contribution >= 4 is 28.8 Å². The second-order valence-corrected chi connectivity index (χ2v) is 5.35. The van der Waals surface area contributed by atoms with Crippen molar-refractivity contribution in [3.63, 3.8) is 0 Å². The van der Waals surface area contributed by atoms with Crippen LogP contribution in [0.15, 0.2) is 12.3 Å². The van der Waals surface area contributed by atoms with Crippen molar-refractivity contribution in [2.45, 2.75) is 20.4 Å². The molecule has 0 unspecified atom stereocenters. The third-order valence-corrected chi connectivity index (χ3v) is 3.23. The third-order valence-electron chi connectivity index (χ3n) is 2.15. The van der Waals surface area contributed by atoms with Crippen LogP contribution in [0.3, 0.4) is 0 Å². The molecule has 0 atom stereocenters. The van der Waals surface area contributed by atoms with Crippen LogP contribution in [0.1, 0.15) is 26.1 Å². The van der Waals surface area contributed by atoms with Crippen molar-refractivity contribution in [3.8, 4) is 0 Å². The zero-order valence-corrected chi connectivity index (χ0v) is 11.5. The molecule has 0 aliphatic heterocycles. The normalized spacial score (nSPS) is 10.4. The number of hydrogen-bond acceptors (Lipinski definition) is 5. The van der Waals surface area contributed by atoms with Crippen LogP contribution in [-0.4, -0.2) is 20.9 Å². The van der Waals surface area contributed by atoms with Gasteiger partial charge in [0.25, 0.3) is 5.91 Å². The van der Waals surface area contributed by atoms with E-state index < -0.39 is 0 Å². The number of aromatic nitrogens is 3. The van der Waals surface area contributed by atoms with Crippen molar-refractivity contribution in [2.24, 2.45) is 0 Å². The van der Waals surface area contributed by atoms with Gasteiger partial charge in [-0.05, 0) is 31.5 Å². The monoisotopic (exact) mass is 282 g/mol. The molecule has 0 saturated heterocycles. The second-order valence-electron chi connectivity index (χ2n) is 3.69. The van der Waals surface area contributed by atoms with E-state index in [2.05, 4.69) is 20.3 Å². The first kappa shape index (κ1) is 12.9. The average molecular weight is 283 g/mol. The lowest BCUT2D eigenvalue weighted by atomic mass is 10.3. The molecule has 2 heterocycles. The van der Waals surface area contributed by atoms with Gasteiger partial charge >= 0.3 is 0 Å². The summed E-state index contributed by atoms with van der Waals surface area (Å²) in [5, 5.41) is 3.82. The van der Waals surface area contributed by atoms with Gasteiger partial charge < -0.3 is 5.32 Å². The molecule has 0 aromatic carbocycles. The molecular weight excluding hydrogens is 272 g/mol. The number of hydrogen-bond donors (Lipinski definition) is 1. The molecule has 2 aromatic rings. The Morgan fingerprint density at radius 1 is 1.44 bits per heavy atom. The van der Waals surface area contributed by atoms with E-state index in [4.69, 9.17) is 11.6 Å². The molecule has 0 aliphatic carbocycles. The summed E-state index contributed by atoms with van der Waals surface area (Å²) >= 11 is 7.25. The number of thiazole rings is 1. The number of nitrogens with zero attached hydrogens (tertiary/aromatic N) is 3. The quantitative estimate of drug-likeness (QED) is 0.876. The first-order chi connectivity index (χ1) is 8.54. The summed E-state index contributed by atoms with van der Waals surface area (Å²) in [5.74, 6) is -0.270. The average Bonchev–Trinajstić information content (AvgIpc) is 2.70. The van der Waals surface area contributed by atoms with Gasteiger partial charge in [0.05, 0.1) is 11.6 Å². The summed E-state index contributed by atoms with van der Waals surface area (Å²) in [6, 6.07) is 1.60. The van der Waals surface area contributed by atoms with Crippen molar-refractivity contribution in [1.82, 2.24) is 20.3 Å². The van der Waals surface area contributed by atoms with Gasteiger partial charge in [0.2, 0.25) is 5.28 Å². The Hall–Kier alpha value is -1.53. The number of nitrogens with one attached hydrogen (secondary N) is 1. The van der Waals surface area contributed by atoms with Crippen molar-refractivity contribution in [2.75, 3.05) is 0 Å². The van der Waals surface area contributed by atoms with E-state index in [1.165, 1.54) is 0 Å². The molecule has 0 aliphatic rings. The van der Waals surface area contributed by atoms with Crippen molar-refractivity contribution in [3.05, 3.63) is 38.8 Å². The molecule has 0 fully saturated rings. The topological polar surface area (TPSA) is 67.8 Å². The highest BCUT2D eigenvalue weighted by atomic mass is 35.5. The molecular formula is C11H11ClN4OS. The molecule has 1 N–H and O–H groups in total. The number of aryl methyl sites for hydroxylation is 2. The third kappa shape index (κ3) is 3.24. The van der Waals surface area contributed by atoms with E-state index in [-0.39, 0.29) is 16.9 Å². The Morgan fingerprint density at radius 2 is 2.22 bits per heavy atom. The smallest absolute Gasteiger partial charge is 0.270 e. The van der Waals surface area contributed by atoms with Crippen LogP contribution in [0.2, 0.25) is 5.28 Å². The van der Waals surface area contributed by atoms with Crippen molar-refractivity contribution < 1.29 is 4.79 Å². The number of rotatable bonds is 3. The summed E-state index contributed by atoms with van der Waals surface area (Å²) in [4.78, 5) is 24.8. The molecule has 18 heavy (non-hydrogen) atoms. The fourth-order valence-corrected chi connectivity index (χ4v) is 2.35. The maximum atomic E-state index is 11.9. The summed E-state index contributed by atoms with van der Waals surface area (Å²) in [5.41, 5.74) is 0.933. The Kier molecular flexibility index (Phi) is 3.88. The van der Waals surface area contributed by atoms with Gasteiger partial charge in [0.1, 0.15) is 5.69 Å². The van der Waals surface area contributed by atoms with Crippen LogP contribution < -0.4 is 5.32 Å². The molecule has 2 aromatic heterocycles. The molecule has 2 rings (SSSR count). The van der Waals surface area contributed by atoms with E-state index >= 15 is 0 Å². The fourth-order valence-electron chi connectivity index (χ4n) is 1.39. The number of amides is 1. The van der Waals surface area contributed by atoms with Gasteiger partial charge in [-0.15, -0.1) is 11.3 Å². The molecule has 0 bridgehead atoms. The van der Waals surface area contributed by atoms with Crippen LogP contribution in [0.25, 0.3) is 0 Å². The number of carbonyl (C=O) groups excluding carboxylic acids is 1. The molecule has 0 spiro atoms. The summed E-state index contributed by atoms with van der Waals surface area (Å²) in [7, 11) is 0. The predicted molar refractivity (Wildman–Crippen MR) is 69.8 cm³/mol. The van der Waals surface area contributed by atoms with E-state index in [1.807, 2.05) is 6.92 Å². The highest BCUT2D eigenvalue weighted by Gasteiger charge is 2.10. The van der Waals surface area contributed by atoms with Crippen LogP contribution in [0.5, 0.6) is 0 Å². The van der Waals surface area contributed by atoms with E-state index in [0.717, 1.165) is 9.88 Å². The standard InChI is InChI=1S/C11H11ClN4OS/c1-6-3-9(16-11(12)15-6)10(17)14-5-8-4-13-7(2)18-8/h3-4H,5H2,1-2H3,(H,14,17). The summed E-state index contributed by atoms with van der Waals surface area (Å²) in [6.07, 6.45) is 1.75. The first-order valence-corrected chi connectivity index (χ1v) is 6.45. The van der Waals surface area contributed by atoms with Gasteiger partial charge in [0.15, 0.2) is 0 Å². The Bertz CT molecular complexity index is 564. The first-order valence-electron chi connectivity index (χ1n) is 5.25. The summed E-state index contributed by atoms with van der Waals surface area (Å²) < 4.78 is 0. The molecule has 1 amide bonds. The summed E-state index contributed by atoms with van der Waals surface area (Å²) in [6.45, 7) is 4.12. The van der Waals surface area contributed by atoms with Crippen molar-refractivity contribution in [1.29, 1.82) is 0 Å². The lowest BCUT2D eigenvalue weighted by molar-refractivity contribution is 0.0946. The van der Waals surface area contributed by atoms with E-state index in [1.54, 1.807) is 30.5 Å². The molecule has 94 valence electrons. The molecule has 0 saturated carbocycles. The molecule has 0 radical (unpaired) electrons. The Labute approximate surface area is 113 Å². The minimum absolute atomic E-state index is 0.0776. The number of carbonyl (C=O) groups is 1. The van der Waals surface area contributed by atoms with E-state index in [9.17, 15) is 4.79 Å². The number of halogens is 1. The van der Waals surface area contributed by atoms with Crippen LogP contribution in [0, 0.1) is 13.8 Å². The van der Waals surface area contributed by atoms with Gasteiger partial charge in [-0.3, -0.25) is 4.79 Å². The van der Waals surface area contributed by atoms with Gasteiger partial charge in [0, 0.05) is 16.8 Å². The van der Waals surface area contributed by atoms with E-state index in [0.29, 0.717) is 12.2 Å². The van der Waals surface area contributed by atoms with Crippen LogP contribution in [0.4, 0.5) is 0 Å². The minimum Gasteiger partial charge on any atom is -0.346 e. The Balaban J connectivity index is 2.03. The second kappa shape index (κ2) is 5.41. The highest BCUT2D eigenvalue weighted by molar-refractivity contribution is 7.11. The SMILES string of the molecule is Cc1cc(C(=O)NCc2cnc(C)s2)nc(Cl)n1. The van der Waals surface area contributed by atoms with Gasteiger partial charge in [-0.1, -0.05) is 0 Å². The molecule has 7 heteroatoms. The predicted octanol–water partition coefficient (Wildman–Crippen LogP) is 2.13. The van der Waals surface area contributed by atoms with Gasteiger partial charge in [-0.25, -0.2) is 15.0 Å². The maximum absolute atomic E-state index is 11.9. The van der Waals surface area contributed by atoms with Crippen LogP contribution in [-0.2, 0) is 6.54 Å². The Morgan fingerprint density at radius 3 is 2.83 bits per heavy atom. The molecule has 5 nitrogen and oxygen atoms in total. The van der Waals surface area contributed by atoms with Gasteiger partial charge in [-0.2, -0.15) is 0 Å². The lowest BCUT2D eigenvalue weighted by Gasteiger charge is -2.03. The largest absolute Gasteiger partial charge is 0.346 e. The lowest BCUT2D eigenvalue weighted by Crippen LogP contribution is -2.23. The maximum Gasteiger partial charge on any atom is 0.270 e. The zero-order chi connectivity index (χ0) is 13.1. The minimum atomic E-state index is -0.270. The zero-order valence-electron chi connectivity index (χ0n) is 9.90. The highest BCUT2D eigenvalue weighted by Crippen LogP contribution is 2.11. The van der Waals surface area contributed by atoms with Crippen LogP contribution >= 0.6 is 22.9 Å².